The molecule has 0 bridgehead atoms. The molecule has 2 aromatic rings. The summed E-state index contributed by atoms with van der Waals surface area (Å²) in [6.45, 7) is 0. The van der Waals surface area contributed by atoms with Gasteiger partial charge < -0.3 is 0 Å². The van der Waals surface area contributed by atoms with Crippen molar-refractivity contribution in [2.75, 3.05) is 0 Å². The molecule has 0 amide bonds. The molecule has 0 spiro atoms. The van der Waals surface area contributed by atoms with E-state index in [0.717, 1.165) is 11.0 Å². The SMILES string of the molecule is [c]1cnc2c[nH]nc2c1. The third kappa shape index (κ3) is 0.579. The molecule has 0 aliphatic carbocycles. The highest BCUT2D eigenvalue weighted by molar-refractivity contribution is 5.72. The van der Waals surface area contributed by atoms with E-state index in [0.29, 0.717) is 0 Å². The van der Waals surface area contributed by atoms with Gasteiger partial charge in [0.15, 0.2) is 0 Å². The first kappa shape index (κ1) is 4.49. The number of rotatable bonds is 0. The highest BCUT2D eigenvalue weighted by atomic mass is 15.1. The van der Waals surface area contributed by atoms with Gasteiger partial charge in [0.25, 0.3) is 0 Å². The summed E-state index contributed by atoms with van der Waals surface area (Å²) in [4.78, 5) is 3.99. The molecule has 9 heavy (non-hydrogen) atoms. The van der Waals surface area contributed by atoms with Gasteiger partial charge in [-0.1, -0.05) is 0 Å². The average Bonchev–Trinajstić information content (AvgIpc) is 2.33. The Hall–Kier alpha value is -1.38. The van der Waals surface area contributed by atoms with Crippen molar-refractivity contribution >= 4 is 11.0 Å². The summed E-state index contributed by atoms with van der Waals surface area (Å²) in [7, 11) is 0. The van der Waals surface area contributed by atoms with Crippen LogP contribution in [0, 0.1) is 6.07 Å². The van der Waals surface area contributed by atoms with Gasteiger partial charge in [-0.2, -0.15) is 5.10 Å². The smallest absolute Gasteiger partial charge is 0.111 e. The first-order chi connectivity index (χ1) is 4.47. The lowest BCUT2D eigenvalue weighted by atomic mass is 10.4. The molecule has 0 saturated heterocycles. The van der Waals surface area contributed by atoms with Gasteiger partial charge in [0.2, 0.25) is 0 Å². The predicted octanol–water partition coefficient (Wildman–Crippen LogP) is 0.758. The van der Waals surface area contributed by atoms with Crippen LogP contribution in [0.2, 0.25) is 0 Å². The first-order valence-corrected chi connectivity index (χ1v) is 2.62. The Morgan fingerprint density at radius 3 is 3.33 bits per heavy atom. The summed E-state index contributed by atoms with van der Waals surface area (Å²) >= 11 is 0. The molecule has 2 heterocycles. The van der Waals surface area contributed by atoms with E-state index in [-0.39, 0.29) is 0 Å². The van der Waals surface area contributed by atoms with Crippen molar-refractivity contribution in [3.63, 3.8) is 0 Å². The average molecular weight is 118 g/mol. The van der Waals surface area contributed by atoms with Crippen LogP contribution in [0.1, 0.15) is 0 Å². The topological polar surface area (TPSA) is 41.6 Å². The molecule has 1 N–H and O–H groups in total. The Morgan fingerprint density at radius 2 is 2.44 bits per heavy atom. The van der Waals surface area contributed by atoms with Gasteiger partial charge in [0, 0.05) is 18.5 Å². The largest absolute Gasteiger partial charge is 0.283 e. The molecule has 0 aromatic carbocycles. The second-order valence-corrected chi connectivity index (χ2v) is 1.72. The van der Waals surface area contributed by atoms with E-state index in [4.69, 9.17) is 0 Å². The minimum Gasteiger partial charge on any atom is -0.283 e. The van der Waals surface area contributed by atoms with Gasteiger partial charge >= 0.3 is 0 Å². The Kier molecular flexibility index (Phi) is 0.773. The van der Waals surface area contributed by atoms with Gasteiger partial charge in [0.05, 0.1) is 0 Å². The van der Waals surface area contributed by atoms with E-state index in [1.54, 1.807) is 18.5 Å². The summed E-state index contributed by atoms with van der Waals surface area (Å²) < 4.78 is 0. The minimum absolute atomic E-state index is 0.859. The third-order valence-electron chi connectivity index (χ3n) is 1.15. The number of pyridine rings is 1. The number of nitrogens with zero attached hydrogens (tertiary/aromatic N) is 2. The second kappa shape index (κ2) is 1.55. The molecule has 0 saturated carbocycles. The lowest BCUT2D eigenvalue weighted by Crippen LogP contribution is -1.69. The molecule has 3 heteroatoms. The molecular weight excluding hydrogens is 114 g/mol. The monoisotopic (exact) mass is 118 g/mol. The first-order valence-electron chi connectivity index (χ1n) is 2.62. The highest BCUT2D eigenvalue weighted by Crippen LogP contribution is 2.02. The number of hydrogen-bond acceptors (Lipinski definition) is 2. The van der Waals surface area contributed by atoms with Crippen LogP contribution in [0.25, 0.3) is 11.0 Å². The number of H-pyrrole nitrogens is 1. The molecule has 0 unspecified atom stereocenters. The quantitative estimate of drug-likeness (QED) is 0.554. The van der Waals surface area contributed by atoms with Crippen molar-refractivity contribution < 1.29 is 0 Å². The molecule has 0 aliphatic heterocycles. The Morgan fingerprint density at radius 1 is 1.44 bits per heavy atom. The Labute approximate surface area is 51.7 Å². The fraction of sp³-hybridized carbons (Fsp3) is 0. The number of hydrogen-bond donors (Lipinski definition) is 1. The standard InChI is InChI=1S/C6H4N3/c1-2-5-6(7-3-1)4-8-9-5/h2-4H,(H,8,9). The Bertz CT molecular complexity index is 282. The molecule has 0 aliphatic rings. The van der Waals surface area contributed by atoms with E-state index in [2.05, 4.69) is 21.2 Å². The Balaban J connectivity index is 2.95. The maximum atomic E-state index is 3.99. The number of aromatic amines is 1. The minimum atomic E-state index is 0.859. The van der Waals surface area contributed by atoms with Gasteiger partial charge in [-0.15, -0.1) is 0 Å². The van der Waals surface area contributed by atoms with E-state index < -0.39 is 0 Å². The fourth-order valence-electron chi connectivity index (χ4n) is 0.727. The van der Waals surface area contributed by atoms with Crippen LogP contribution in [0.15, 0.2) is 18.5 Å². The molecule has 1 radical (unpaired) electrons. The zero-order valence-corrected chi connectivity index (χ0v) is 4.63. The normalized spacial score (nSPS) is 10.2. The van der Waals surface area contributed by atoms with Crippen LogP contribution >= 0.6 is 0 Å². The van der Waals surface area contributed by atoms with E-state index in [1.165, 1.54) is 0 Å². The molecule has 3 nitrogen and oxygen atoms in total. The van der Waals surface area contributed by atoms with Crippen LogP contribution in [-0.2, 0) is 0 Å². The van der Waals surface area contributed by atoms with Crippen LogP contribution in [0.4, 0.5) is 0 Å². The van der Waals surface area contributed by atoms with Crippen LogP contribution < -0.4 is 0 Å². The maximum Gasteiger partial charge on any atom is 0.111 e. The zero-order chi connectivity index (χ0) is 6.10. The van der Waals surface area contributed by atoms with E-state index in [9.17, 15) is 0 Å². The maximum absolute atomic E-state index is 3.99. The van der Waals surface area contributed by atoms with Gasteiger partial charge in [-0.25, -0.2) is 0 Å². The summed E-state index contributed by atoms with van der Waals surface area (Å²) in [6.07, 6.45) is 3.38. The molecular formula is C6H4N3. The highest BCUT2D eigenvalue weighted by Gasteiger charge is 1.90. The van der Waals surface area contributed by atoms with Gasteiger partial charge in [-0.3, -0.25) is 10.1 Å². The van der Waals surface area contributed by atoms with Crippen LogP contribution in [0.3, 0.4) is 0 Å². The summed E-state index contributed by atoms with van der Waals surface area (Å²) in [5.74, 6) is 0. The van der Waals surface area contributed by atoms with Gasteiger partial charge in [0.1, 0.15) is 11.0 Å². The van der Waals surface area contributed by atoms with Crippen molar-refractivity contribution in [1.82, 2.24) is 15.2 Å². The fourth-order valence-corrected chi connectivity index (χ4v) is 0.727. The molecule has 0 fully saturated rings. The molecule has 2 aromatic heterocycles. The summed E-state index contributed by atoms with van der Waals surface area (Å²) in [5.41, 5.74) is 1.74. The number of nitrogens with one attached hydrogen (secondary N) is 1. The van der Waals surface area contributed by atoms with Crippen LogP contribution in [-0.4, -0.2) is 15.2 Å². The summed E-state index contributed by atoms with van der Waals surface area (Å²) in [5, 5.41) is 6.61. The second-order valence-electron chi connectivity index (χ2n) is 1.72. The van der Waals surface area contributed by atoms with Crippen molar-refractivity contribution in [3.05, 3.63) is 24.5 Å². The lowest BCUT2D eigenvalue weighted by Gasteiger charge is -1.79. The predicted molar refractivity (Wildman–Crippen MR) is 32.7 cm³/mol. The third-order valence-corrected chi connectivity index (χ3v) is 1.15. The molecule has 2 rings (SSSR count). The van der Waals surface area contributed by atoms with E-state index >= 15 is 0 Å². The van der Waals surface area contributed by atoms with E-state index in [1.807, 2.05) is 0 Å². The molecule has 0 atom stereocenters. The zero-order valence-electron chi connectivity index (χ0n) is 4.63. The summed E-state index contributed by atoms with van der Waals surface area (Å²) in [6, 6.07) is 4.62. The molecule has 43 valence electrons. The number of aromatic nitrogens is 3. The lowest BCUT2D eigenvalue weighted by molar-refractivity contribution is 1.12. The number of fused-ring (bicyclic) bond motifs is 1. The van der Waals surface area contributed by atoms with Crippen molar-refractivity contribution in [2.45, 2.75) is 0 Å². The van der Waals surface area contributed by atoms with Crippen molar-refractivity contribution in [3.8, 4) is 0 Å². The van der Waals surface area contributed by atoms with Crippen molar-refractivity contribution in [1.29, 1.82) is 0 Å². The van der Waals surface area contributed by atoms with Gasteiger partial charge in [-0.05, 0) is 6.07 Å². The van der Waals surface area contributed by atoms with Crippen molar-refractivity contribution in [2.24, 2.45) is 0 Å². The van der Waals surface area contributed by atoms with Crippen LogP contribution in [0.5, 0.6) is 0 Å².